The van der Waals surface area contributed by atoms with Crippen LogP contribution in [0.3, 0.4) is 0 Å². The van der Waals surface area contributed by atoms with Crippen LogP contribution in [0.25, 0.3) is 0 Å². The maximum Gasteiger partial charge on any atom is 0.416 e. The number of hydrogen-bond donors (Lipinski definition) is 1. The number of carbonyl (C=O) groups is 1. The number of carbonyl (C=O) groups excluding carboxylic acids is 1. The van der Waals surface area contributed by atoms with E-state index in [-0.39, 0.29) is 11.5 Å². The molecule has 0 saturated carbocycles. The zero-order chi connectivity index (χ0) is 13.2. The smallest absolute Gasteiger partial charge is 0.416 e. The van der Waals surface area contributed by atoms with E-state index in [1.54, 1.807) is 20.8 Å². The van der Waals surface area contributed by atoms with Crippen LogP contribution in [0.2, 0.25) is 0 Å². The Bertz CT molecular complexity index is 478. The van der Waals surface area contributed by atoms with Gasteiger partial charge in [-0.05, 0) is 36.7 Å². The predicted octanol–water partition coefficient (Wildman–Crippen LogP) is 1.90. The van der Waals surface area contributed by atoms with Gasteiger partial charge in [-0.25, -0.2) is 9.78 Å². The third-order valence-corrected chi connectivity index (χ3v) is 2.29. The highest BCUT2D eigenvalue weighted by Crippen LogP contribution is 2.12. The van der Waals surface area contributed by atoms with Gasteiger partial charge in [0.2, 0.25) is 5.95 Å². The minimum absolute atomic E-state index is 0.132. The van der Waals surface area contributed by atoms with E-state index < -0.39 is 11.7 Å². The van der Waals surface area contributed by atoms with E-state index in [2.05, 4.69) is 25.9 Å². The first-order chi connectivity index (χ1) is 7.70. The summed E-state index contributed by atoms with van der Waals surface area (Å²) in [7, 11) is 1.47. The zero-order valence-corrected chi connectivity index (χ0v) is 11.7. The van der Waals surface area contributed by atoms with Gasteiger partial charge in [-0.2, -0.15) is 0 Å². The van der Waals surface area contributed by atoms with Gasteiger partial charge < -0.3 is 4.74 Å². The number of anilines is 1. The topological polar surface area (TPSA) is 75.3 Å². The molecule has 1 N–H and O–H groups in total. The lowest BCUT2D eigenvalue weighted by atomic mass is 10.2. The van der Waals surface area contributed by atoms with Gasteiger partial charge in [-0.3, -0.25) is 14.7 Å². The lowest BCUT2D eigenvalue weighted by Gasteiger charge is -2.23. The van der Waals surface area contributed by atoms with Crippen LogP contribution in [0.15, 0.2) is 15.5 Å². The van der Waals surface area contributed by atoms with Crippen molar-refractivity contribution >= 4 is 28.0 Å². The molecule has 7 heteroatoms. The molecule has 0 bridgehead atoms. The third kappa shape index (κ3) is 3.85. The van der Waals surface area contributed by atoms with E-state index in [1.807, 2.05) is 0 Å². The maximum atomic E-state index is 11.7. The van der Waals surface area contributed by atoms with Gasteiger partial charge in [0.1, 0.15) is 10.1 Å². The molecule has 1 aromatic heterocycles. The second-order valence-electron chi connectivity index (χ2n) is 4.42. The summed E-state index contributed by atoms with van der Waals surface area (Å²) in [4.78, 5) is 30.5. The highest BCUT2D eigenvalue weighted by Gasteiger charge is 2.21. The average Bonchev–Trinajstić information content (AvgIpc) is 2.18. The lowest BCUT2D eigenvalue weighted by Crippen LogP contribution is -2.35. The van der Waals surface area contributed by atoms with Crippen molar-refractivity contribution in [3.05, 3.63) is 21.0 Å². The van der Waals surface area contributed by atoms with Gasteiger partial charge in [0.15, 0.2) is 0 Å². The molecule has 0 radical (unpaired) electrons. The summed E-state index contributed by atoms with van der Waals surface area (Å²) >= 11 is 3.02. The Labute approximate surface area is 107 Å². The van der Waals surface area contributed by atoms with Gasteiger partial charge >= 0.3 is 6.09 Å². The number of nitrogens with zero attached hydrogens (tertiary/aromatic N) is 2. The first-order valence-electron chi connectivity index (χ1n) is 4.92. The summed E-state index contributed by atoms with van der Waals surface area (Å²) in [5.74, 6) is 0.132. The number of rotatable bonds is 1. The molecule has 1 aromatic rings. The Hall–Kier alpha value is -1.37. The summed E-state index contributed by atoms with van der Waals surface area (Å²) in [6.07, 6.45) is 0.748. The number of amides is 1. The molecule has 0 aromatic carbocycles. The van der Waals surface area contributed by atoms with Crippen LogP contribution in [0.1, 0.15) is 20.8 Å². The molecule has 0 aliphatic carbocycles. The number of nitrogens with one attached hydrogen (secondary N) is 1. The molecule has 1 amide bonds. The Morgan fingerprint density at radius 2 is 2.12 bits per heavy atom. The first kappa shape index (κ1) is 13.7. The van der Waals surface area contributed by atoms with Crippen LogP contribution in [0.5, 0.6) is 0 Å². The molecular weight excluding hydrogens is 290 g/mol. The van der Waals surface area contributed by atoms with Gasteiger partial charge in [-0.15, -0.1) is 0 Å². The van der Waals surface area contributed by atoms with Crippen molar-refractivity contribution in [1.82, 2.24) is 9.97 Å². The molecule has 6 nitrogen and oxygen atoms in total. The fourth-order valence-electron chi connectivity index (χ4n) is 0.957. The van der Waals surface area contributed by atoms with Crippen LogP contribution in [0, 0.1) is 0 Å². The summed E-state index contributed by atoms with van der Waals surface area (Å²) < 4.78 is 5.44. The summed E-state index contributed by atoms with van der Waals surface area (Å²) in [5, 5.41) is 0. The van der Waals surface area contributed by atoms with E-state index in [1.165, 1.54) is 13.2 Å². The van der Waals surface area contributed by atoms with Crippen molar-refractivity contribution in [2.45, 2.75) is 26.4 Å². The van der Waals surface area contributed by atoms with Crippen molar-refractivity contribution in [2.24, 2.45) is 0 Å². The maximum absolute atomic E-state index is 11.7. The number of hydrogen-bond acceptors (Lipinski definition) is 4. The van der Waals surface area contributed by atoms with Crippen LogP contribution in [-0.4, -0.2) is 28.7 Å². The van der Waals surface area contributed by atoms with Crippen LogP contribution in [0.4, 0.5) is 10.7 Å². The SMILES string of the molecule is CN(C(=O)OC(C)(C)C)c1ncc(Br)c(=O)[nH]1. The number of aromatic nitrogens is 2. The number of ether oxygens (including phenoxy) is 1. The Morgan fingerprint density at radius 3 is 2.59 bits per heavy atom. The Morgan fingerprint density at radius 1 is 1.53 bits per heavy atom. The largest absolute Gasteiger partial charge is 0.443 e. The van der Waals surface area contributed by atoms with Crippen LogP contribution >= 0.6 is 15.9 Å². The minimum Gasteiger partial charge on any atom is -0.443 e. The summed E-state index contributed by atoms with van der Waals surface area (Å²) in [6, 6.07) is 0. The second-order valence-corrected chi connectivity index (χ2v) is 5.28. The molecule has 17 heavy (non-hydrogen) atoms. The van der Waals surface area contributed by atoms with E-state index in [0.717, 1.165) is 4.90 Å². The van der Waals surface area contributed by atoms with Crippen molar-refractivity contribution in [1.29, 1.82) is 0 Å². The highest BCUT2D eigenvalue weighted by atomic mass is 79.9. The van der Waals surface area contributed by atoms with Crippen molar-refractivity contribution in [2.75, 3.05) is 11.9 Å². The molecule has 0 fully saturated rings. The normalized spacial score (nSPS) is 11.1. The van der Waals surface area contributed by atoms with Gasteiger partial charge in [-0.1, -0.05) is 0 Å². The standard InChI is InChI=1S/C10H14BrN3O3/c1-10(2,3)17-9(16)14(4)8-12-5-6(11)7(15)13-8/h5H,1-4H3,(H,12,13,15). The predicted molar refractivity (Wildman–Crippen MR) is 67.2 cm³/mol. The molecule has 0 aliphatic rings. The molecule has 0 atom stereocenters. The van der Waals surface area contributed by atoms with Crippen molar-refractivity contribution in [3.8, 4) is 0 Å². The lowest BCUT2D eigenvalue weighted by molar-refractivity contribution is 0.0587. The number of H-pyrrole nitrogens is 1. The fourth-order valence-corrected chi connectivity index (χ4v) is 1.16. The van der Waals surface area contributed by atoms with Crippen LogP contribution < -0.4 is 10.5 Å². The highest BCUT2D eigenvalue weighted by molar-refractivity contribution is 9.10. The van der Waals surface area contributed by atoms with Crippen molar-refractivity contribution < 1.29 is 9.53 Å². The molecule has 0 unspecified atom stereocenters. The zero-order valence-electron chi connectivity index (χ0n) is 10.1. The van der Waals surface area contributed by atoms with Gasteiger partial charge in [0.05, 0.1) is 6.20 Å². The van der Waals surface area contributed by atoms with E-state index in [9.17, 15) is 9.59 Å². The molecule has 0 spiro atoms. The fraction of sp³-hybridized carbons (Fsp3) is 0.500. The number of halogens is 1. The van der Waals surface area contributed by atoms with E-state index in [0.29, 0.717) is 4.47 Å². The van der Waals surface area contributed by atoms with Crippen molar-refractivity contribution in [3.63, 3.8) is 0 Å². The molecule has 94 valence electrons. The van der Waals surface area contributed by atoms with Gasteiger partial charge in [0.25, 0.3) is 5.56 Å². The molecule has 0 aliphatic heterocycles. The Kier molecular flexibility index (Phi) is 3.92. The van der Waals surface area contributed by atoms with Gasteiger partial charge in [0, 0.05) is 7.05 Å². The van der Waals surface area contributed by atoms with E-state index >= 15 is 0 Å². The molecule has 1 rings (SSSR count). The second kappa shape index (κ2) is 4.87. The van der Waals surface area contributed by atoms with E-state index in [4.69, 9.17) is 4.74 Å². The number of aromatic amines is 1. The minimum atomic E-state index is -0.596. The summed E-state index contributed by atoms with van der Waals surface area (Å²) in [6.45, 7) is 5.28. The molecule has 0 saturated heterocycles. The average molecular weight is 304 g/mol. The first-order valence-corrected chi connectivity index (χ1v) is 5.71. The third-order valence-electron chi connectivity index (χ3n) is 1.73. The summed E-state index contributed by atoms with van der Waals surface area (Å²) in [5.41, 5.74) is -0.952. The molecule has 1 heterocycles. The molecular formula is C10H14BrN3O3. The van der Waals surface area contributed by atoms with Crippen LogP contribution in [-0.2, 0) is 4.74 Å². The Balaban J connectivity index is 2.89. The monoisotopic (exact) mass is 303 g/mol. The quantitative estimate of drug-likeness (QED) is 0.860.